The summed E-state index contributed by atoms with van der Waals surface area (Å²) in [6.07, 6.45) is 0. The molecule has 1 aliphatic heterocycles. The van der Waals surface area contributed by atoms with Crippen LogP contribution in [-0.2, 0) is 10.8 Å². The summed E-state index contributed by atoms with van der Waals surface area (Å²) < 4.78 is 12.6. The number of benzene rings is 2. The van der Waals surface area contributed by atoms with Gasteiger partial charge in [0, 0.05) is 9.79 Å². The molecule has 1 atom stereocenters. The van der Waals surface area contributed by atoms with E-state index in [1.54, 1.807) is 11.8 Å². The van der Waals surface area contributed by atoms with Gasteiger partial charge < -0.3 is 0 Å². The van der Waals surface area contributed by atoms with E-state index < -0.39 is 10.8 Å². The molecule has 0 saturated heterocycles. The van der Waals surface area contributed by atoms with Crippen LogP contribution in [0.5, 0.6) is 0 Å². The third kappa shape index (κ3) is 1.91. The lowest BCUT2D eigenvalue weighted by Crippen LogP contribution is -2.03. The van der Waals surface area contributed by atoms with Crippen LogP contribution in [0.3, 0.4) is 0 Å². The highest BCUT2D eigenvalue weighted by molar-refractivity contribution is 8.01. The minimum absolute atomic E-state index is 0.467. The normalized spacial score (nSPS) is 17.4. The van der Waals surface area contributed by atoms with Crippen LogP contribution >= 0.6 is 11.8 Å². The molecule has 0 bridgehead atoms. The maximum absolute atomic E-state index is 12.6. The van der Waals surface area contributed by atoms with Crippen molar-refractivity contribution in [3.63, 3.8) is 0 Å². The number of rotatable bonds is 1. The second kappa shape index (κ2) is 4.56. The largest absolute Gasteiger partial charge is 0.249 e. The fraction of sp³-hybridized carbons (Fsp3) is 0.200. The van der Waals surface area contributed by atoms with Crippen LogP contribution in [0, 0.1) is 0 Å². The van der Waals surface area contributed by atoms with E-state index >= 15 is 0 Å². The highest BCUT2D eigenvalue weighted by Gasteiger charge is 2.22. The van der Waals surface area contributed by atoms with E-state index in [0.717, 1.165) is 19.6 Å². The summed E-state index contributed by atoms with van der Waals surface area (Å²) in [5.74, 6) is 0.467. The van der Waals surface area contributed by atoms with Gasteiger partial charge in [0.1, 0.15) is 0 Å². The monoisotopic (exact) mass is 274 g/mol. The third-order valence-corrected chi connectivity index (χ3v) is 6.01. The highest BCUT2D eigenvalue weighted by atomic mass is 32.2. The molecular weight excluding hydrogens is 260 g/mol. The van der Waals surface area contributed by atoms with Crippen molar-refractivity contribution in [3.8, 4) is 0 Å². The summed E-state index contributed by atoms with van der Waals surface area (Å²) in [6, 6.07) is 14.3. The molecule has 0 N–H and O–H groups in total. The van der Waals surface area contributed by atoms with Gasteiger partial charge in [-0.3, -0.25) is 0 Å². The Bertz CT molecular complexity index is 632. The fourth-order valence-corrected chi connectivity index (χ4v) is 4.77. The summed E-state index contributed by atoms with van der Waals surface area (Å²) in [5, 5.41) is 0. The number of hydrogen-bond acceptors (Lipinski definition) is 2. The third-order valence-electron chi connectivity index (χ3n) is 3.10. The van der Waals surface area contributed by atoms with Gasteiger partial charge in [0.25, 0.3) is 0 Å². The lowest BCUT2D eigenvalue weighted by atomic mass is 10.0. The van der Waals surface area contributed by atoms with Gasteiger partial charge in [-0.05, 0) is 35.7 Å². The van der Waals surface area contributed by atoms with E-state index in [-0.39, 0.29) is 0 Å². The highest BCUT2D eigenvalue weighted by Crippen LogP contribution is 2.43. The lowest BCUT2D eigenvalue weighted by molar-refractivity contribution is 0.679. The molecule has 0 radical (unpaired) electrons. The molecular formula is C15H14OS2. The molecule has 1 heterocycles. The predicted octanol–water partition coefficient (Wildman–Crippen LogP) is 4.44. The Hall–Kier alpha value is -1.06. The van der Waals surface area contributed by atoms with Crippen molar-refractivity contribution in [2.24, 2.45) is 0 Å². The summed E-state index contributed by atoms with van der Waals surface area (Å²) in [6.45, 7) is 4.32. The average Bonchev–Trinajstić information content (AvgIpc) is 2.38. The van der Waals surface area contributed by atoms with E-state index in [0.29, 0.717) is 5.92 Å². The van der Waals surface area contributed by atoms with E-state index in [1.807, 2.05) is 24.3 Å². The Balaban J connectivity index is 2.14. The molecule has 2 aromatic rings. The first kappa shape index (κ1) is 12.0. The van der Waals surface area contributed by atoms with E-state index in [2.05, 4.69) is 32.0 Å². The van der Waals surface area contributed by atoms with Crippen molar-refractivity contribution >= 4 is 22.6 Å². The molecule has 1 aliphatic rings. The van der Waals surface area contributed by atoms with Crippen LogP contribution in [0.1, 0.15) is 25.3 Å². The molecule has 0 amide bonds. The molecule has 1 nitrogen and oxygen atoms in total. The van der Waals surface area contributed by atoms with Crippen LogP contribution in [0.15, 0.2) is 62.0 Å². The number of hydrogen-bond donors (Lipinski definition) is 0. The number of fused-ring (bicyclic) bond motifs is 2. The molecule has 92 valence electrons. The van der Waals surface area contributed by atoms with Gasteiger partial charge in [-0.15, -0.1) is 0 Å². The topological polar surface area (TPSA) is 17.1 Å². The van der Waals surface area contributed by atoms with Gasteiger partial charge in [-0.1, -0.05) is 43.8 Å². The Morgan fingerprint density at radius 3 is 2.50 bits per heavy atom. The van der Waals surface area contributed by atoms with Gasteiger partial charge in [0.05, 0.1) is 20.6 Å². The summed E-state index contributed by atoms with van der Waals surface area (Å²) in [7, 11) is -1.04. The zero-order valence-electron chi connectivity index (χ0n) is 10.3. The minimum Gasteiger partial charge on any atom is -0.249 e. The molecule has 18 heavy (non-hydrogen) atoms. The first-order valence-electron chi connectivity index (χ1n) is 5.99. The van der Waals surface area contributed by atoms with Crippen LogP contribution in [0.2, 0.25) is 0 Å². The Labute approximate surface area is 114 Å². The second-order valence-corrected chi connectivity index (χ2v) is 7.18. The molecule has 1 unspecified atom stereocenters. The predicted molar refractivity (Wildman–Crippen MR) is 75.8 cm³/mol. The van der Waals surface area contributed by atoms with Gasteiger partial charge in [-0.2, -0.15) is 0 Å². The molecule has 3 heteroatoms. The van der Waals surface area contributed by atoms with Gasteiger partial charge >= 0.3 is 0 Å². The summed E-state index contributed by atoms with van der Waals surface area (Å²) in [4.78, 5) is 4.14. The summed E-state index contributed by atoms with van der Waals surface area (Å²) in [5.41, 5.74) is 1.25. The standard InChI is InChI=1S/C15H14OS2/c1-10(2)11-7-8-13-15(9-11)18(16)14-6-4-3-5-12(14)17-13/h3-10H,1-2H3. The van der Waals surface area contributed by atoms with Crippen LogP contribution in [-0.4, -0.2) is 4.21 Å². The van der Waals surface area contributed by atoms with Crippen molar-refractivity contribution in [2.75, 3.05) is 0 Å². The van der Waals surface area contributed by atoms with Crippen LogP contribution in [0.25, 0.3) is 0 Å². The molecule has 0 saturated carbocycles. The first-order chi connectivity index (χ1) is 8.66. The van der Waals surface area contributed by atoms with Crippen LogP contribution < -0.4 is 0 Å². The zero-order chi connectivity index (χ0) is 12.7. The Morgan fingerprint density at radius 1 is 1.00 bits per heavy atom. The SMILES string of the molecule is CC(C)c1ccc2c(c1)S(=O)c1ccccc1S2. The maximum Gasteiger partial charge on any atom is 0.0872 e. The fourth-order valence-electron chi connectivity index (χ4n) is 2.04. The van der Waals surface area contributed by atoms with Crippen molar-refractivity contribution in [1.82, 2.24) is 0 Å². The van der Waals surface area contributed by atoms with Gasteiger partial charge in [-0.25, -0.2) is 4.21 Å². The van der Waals surface area contributed by atoms with E-state index in [4.69, 9.17) is 0 Å². The Morgan fingerprint density at radius 2 is 1.72 bits per heavy atom. The average molecular weight is 274 g/mol. The smallest absolute Gasteiger partial charge is 0.0872 e. The molecule has 0 aliphatic carbocycles. The molecule has 0 aromatic heterocycles. The molecule has 0 fully saturated rings. The van der Waals surface area contributed by atoms with E-state index in [1.165, 1.54) is 5.56 Å². The first-order valence-corrected chi connectivity index (χ1v) is 7.96. The lowest BCUT2D eigenvalue weighted by Gasteiger charge is -2.19. The van der Waals surface area contributed by atoms with Crippen molar-refractivity contribution in [1.29, 1.82) is 0 Å². The quantitative estimate of drug-likeness (QED) is 0.652. The van der Waals surface area contributed by atoms with Crippen molar-refractivity contribution in [2.45, 2.75) is 39.3 Å². The maximum atomic E-state index is 12.6. The summed E-state index contributed by atoms with van der Waals surface area (Å²) >= 11 is 1.71. The van der Waals surface area contributed by atoms with Crippen molar-refractivity contribution in [3.05, 3.63) is 48.0 Å². The van der Waals surface area contributed by atoms with Gasteiger partial charge in [0.15, 0.2) is 0 Å². The molecule has 0 spiro atoms. The van der Waals surface area contributed by atoms with Crippen molar-refractivity contribution < 1.29 is 4.21 Å². The minimum atomic E-state index is -1.04. The molecule has 2 aromatic carbocycles. The van der Waals surface area contributed by atoms with E-state index in [9.17, 15) is 4.21 Å². The van der Waals surface area contributed by atoms with Crippen LogP contribution in [0.4, 0.5) is 0 Å². The second-order valence-electron chi connectivity index (χ2n) is 4.68. The molecule has 3 rings (SSSR count). The Kier molecular flexibility index (Phi) is 3.04. The van der Waals surface area contributed by atoms with Gasteiger partial charge in [0.2, 0.25) is 0 Å². The zero-order valence-corrected chi connectivity index (χ0v) is 12.0.